The first kappa shape index (κ1) is 23.0. The zero-order valence-electron chi connectivity index (χ0n) is 17.9. The molecule has 0 aromatic heterocycles. The molecular weight excluding hydrogens is 426 g/mol. The number of hydrogen-bond donors (Lipinski definition) is 2. The van der Waals surface area contributed by atoms with Crippen molar-refractivity contribution in [2.75, 3.05) is 19.5 Å². The summed E-state index contributed by atoms with van der Waals surface area (Å²) in [6.07, 6.45) is 1.31. The zero-order chi connectivity index (χ0) is 23.6. The number of para-hydroxylation sites is 3. The van der Waals surface area contributed by atoms with E-state index >= 15 is 0 Å². The number of carbonyl (C=O) groups excluding carboxylic acids is 3. The van der Waals surface area contributed by atoms with Crippen molar-refractivity contribution in [2.45, 2.75) is 0 Å². The van der Waals surface area contributed by atoms with Crippen LogP contribution in [0.5, 0.6) is 17.2 Å². The number of esters is 1. The molecule has 168 valence electrons. The molecule has 0 radical (unpaired) electrons. The summed E-state index contributed by atoms with van der Waals surface area (Å²) in [4.78, 5) is 36.5. The Hall–Kier alpha value is -4.66. The topological polar surface area (TPSA) is 115 Å². The second-order valence-corrected chi connectivity index (χ2v) is 6.52. The maximum atomic E-state index is 12.4. The highest BCUT2D eigenvalue weighted by molar-refractivity contribution is 6.39. The van der Waals surface area contributed by atoms with Crippen molar-refractivity contribution >= 4 is 29.7 Å². The van der Waals surface area contributed by atoms with Gasteiger partial charge in [-0.1, -0.05) is 36.4 Å². The van der Waals surface area contributed by atoms with Crippen LogP contribution in [-0.2, 0) is 9.59 Å². The van der Waals surface area contributed by atoms with E-state index in [2.05, 4.69) is 15.8 Å². The average molecular weight is 447 g/mol. The number of methoxy groups -OCH3 is 2. The Kier molecular flexibility index (Phi) is 7.74. The van der Waals surface area contributed by atoms with Gasteiger partial charge in [0.15, 0.2) is 0 Å². The molecule has 3 aromatic carbocycles. The van der Waals surface area contributed by atoms with Gasteiger partial charge in [-0.2, -0.15) is 5.10 Å². The van der Waals surface area contributed by atoms with Gasteiger partial charge in [-0.3, -0.25) is 9.59 Å². The van der Waals surface area contributed by atoms with Gasteiger partial charge >= 0.3 is 17.8 Å². The lowest BCUT2D eigenvalue weighted by molar-refractivity contribution is -0.136. The summed E-state index contributed by atoms with van der Waals surface area (Å²) in [6.45, 7) is 0. The van der Waals surface area contributed by atoms with Crippen LogP contribution in [0.25, 0.3) is 0 Å². The Morgan fingerprint density at radius 3 is 2.27 bits per heavy atom. The zero-order valence-corrected chi connectivity index (χ0v) is 17.9. The molecule has 2 N–H and O–H groups in total. The van der Waals surface area contributed by atoms with Gasteiger partial charge in [0.1, 0.15) is 22.8 Å². The van der Waals surface area contributed by atoms with Gasteiger partial charge in [0.25, 0.3) is 0 Å². The molecule has 9 nitrogen and oxygen atoms in total. The Labute approximate surface area is 190 Å². The molecule has 0 unspecified atom stereocenters. The van der Waals surface area contributed by atoms with Crippen LogP contribution in [0.15, 0.2) is 77.9 Å². The van der Waals surface area contributed by atoms with Crippen LogP contribution in [0.1, 0.15) is 15.9 Å². The number of amides is 2. The summed E-state index contributed by atoms with van der Waals surface area (Å²) in [5.41, 5.74) is 3.32. The molecule has 0 atom stereocenters. The van der Waals surface area contributed by atoms with Crippen LogP contribution in [-0.4, -0.2) is 38.2 Å². The number of anilines is 1. The molecule has 0 heterocycles. The number of nitrogens with zero attached hydrogens (tertiary/aromatic N) is 1. The molecular formula is C24H21N3O6. The number of nitrogens with one attached hydrogen (secondary N) is 2. The van der Waals surface area contributed by atoms with Crippen molar-refractivity contribution in [3.63, 3.8) is 0 Å². The lowest BCUT2D eigenvalue weighted by Crippen LogP contribution is -2.32. The van der Waals surface area contributed by atoms with E-state index in [1.54, 1.807) is 72.8 Å². The van der Waals surface area contributed by atoms with Crippen molar-refractivity contribution in [1.29, 1.82) is 0 Å². The first-order valence-corrected chi connectivity index (χ1v) is 9.74. The van der Waals surface area contributed by atoms with Crippen LogP contribution in [0.2, 0.25) is 0 Å². The van der Waals surface area contributed by atoms with E-state index in [9.17, 15) is 14.4 Å². The summed E-state index contributed by atoms with van der Waals surface area (Å²) in [5.74, 6) is -1.36. The molecule has 0 aliphatic heterocycles. The predicted octanol–water partition coefficient (Wildman–Crippen LogP) is 3.01. The van der Waals surface area contributed by atoms with Gasteiger partial charge in [-0.15, -0.1) is 0 Å². The van der Waals surface area contributed by atoms with E-state index < -0.39 is 17.8 Å². The monoisotopic (exact) mass is 447 g/mol. The molecule has 0 aliphatic rings. The minimum Gasteiger partial charge on any atom is -0.496 e. The molecule has 2 amide bonds. The fourth-order valence-electron chi connectivity index (χ4n) is 2.78. The maximum Gasteiger partial charge on any atom is 0.347 e. The van der Waals surface area contributed by atoms with Gasteiger partial charge in [-0.05, 0) is 42.0 Å². The average Bonchev–Trinajstić information content (AvgIpc) is 2.84. The van der Waals surface area contributed by atoms with Crippen molar-refractivity contribution < 1.29 is 28.6 Å². The molecule has 33 heavy (non-hydrogen) atoms. The van der Waals surface area contributed by atoms with Crippen molar-refractivity contribution in [3.05, 3.63) is 83.9 Å². The molecule has 3 rings (SSSR count). The first-order chi connectivity index (χ1) is 16.0. The van der Waals surface area contributed by atoms with E-state index in [4.69, 9.17) is 14.2 Å². The van der Waals surface area contributed by atoms with Crippen LogP contribution in [0, 0.1) is 0 Å². The minimum absolute atomic E-state index is 0.273. The Morgan fingerprint density at radius 2 is 1.52 bits per heavy atom. The normalized spacial score (nSPS) is 10.4. The molecule has 0 saturated carbocycles. The molecule has 0 aliphatic carbocycles. The van der Waals surface area contributed by atoms with E-state index in [1.165, 1.54) is 20.4 Å². The van der Waals surface area contributed by atoms with Crippen LogP contribution in [0.3, 0.4) is 0 Å². The van der Waals surface area contributed by atoms with Gasteiger partial charge in [0, 0.05) is 0 Å². The molecule has 0 saturated heterocycles. The van der Waals surface area contributed by atoms with E-state index in [1.807, 2.05) is 0 Å². The number of benzene rings is 3. The largest absolute Gasteiger partial charge is 0.496 e. The predicted molar refractivity (Wildman–Crippen MR) is 122 cm³/mol. The van der Waals surface area contributed by atoms with Gasteiger partial charge in [0.05, 0.1) is 26.1 Å². The third-order valence-corrected chi connectivity index (χ3v) is 4.34. The Bertz CT molecular complexity index is 1190. The fraction of sp³-hybridized carbons (Fsp3) is 0.0833. The highest BCUT2D eigenvalue weighted by atomic mass is 16.5. The lowest BCUT2D eigenvalue weighted by Gasteiger charge is -2.09. The minimum atomic E-state index is -0.962. The number of hydrogen-bond acceptors (Lipinski definition) is 7. The SMILES string of the molecule is COc1ccccc1NC(=O)C(=O)N/N=C/c1cccc(OC(=O)c2ccccc2OC)c1. The number of carbonyl (C=O) groups is 3. The fourth-order valence-corrected chi connectivity index (χ4v) is 2.78. The standard InChI is InChI=1S/C24H21N3O6/c1-31-20-12-5-3-10-18(20)24(30)33-17-9-7-8-16(14-17)15-25-27-23(29)22(28)26-19-11-4-6-13-21(19)32-2/h3-15H,1-2H3,(H,26,28)(H,27,29)/b25-15+. The summed E-state index contributed by atoms with van der Waals surface area (Å²) in [6, 6.07) is 19.9. The molecule has 0 spiro atoms. The molecule has 0 bridgehead atoms. The highest BCUT2D eigenvalue weighted by Crippen LogP contribution is 2.23. The number of ether oxygens (including phenoxy) is 3. The Morgan fingerprint density at radius 1 is 0.818 bits per heavy atom. The smallest absolute Gasteiger partial charge is 0.347 e. The third-order valence-electron chi connectivity index (χ3n) is 4.34. The van der Waals surface area contributed by atoms with Gasteiger partial charge < -0.3 is 19.5 Å². The summed E-state index contributed by atoms with van der Waals surface area (Å²) in [5, 5.41) is 6.22. The summed E-state index contributed by atoms with van der Waals surface area (Å²) >= 11 is 0. The molecule has 9 heteroatoms. The van der Waals surface area contributed by atoms with E-state index in [0.717, 1.165) is 0 Å². The lowest BCUT2D eigenvalue weighted by atomic mass is 10.2. The number of rotatable bonds is 7. The number of hydrazone groups is 1. The van der Waals surface area contributed by atoms with Crippen molar-refractivity contribution in [2.24, 2.45) is 5.10 Å². The van der Waals surface area contributed by atoms with Gasteiger partial charge in [-0.25, -0.2) is 10.2 Å². The second kappa shape index (κ2) is 11.1. The highest BCUT2D eigenvalue weighted by Gasteiger charge is 2.15. The van der Waals surface area contributed by atoms with E-state index in [-0.39, 0.29) is 11.3 Å². The van der Waals surface area contributed by atoms with Crippen LogP contribution in [0.4, 0.5) is 5.69 Å². The second-order valence-electron chi connectivity index (χ2n) is 6.52. The molecule has 3 aromatic rings. The maximum absolute atomic E-state index is 12.4. The quantitative estimate of drug-likeness (QED) is 0.189. The third kappa shape index (κ3) is 6.17. The summed E-state index contributed by atoms with van der Waals surface area (Å²) in [7, 11) is 2.92. The van der Waals surface area contributed by atoms with Crippen LogP contribution < -0.4 is 25.0 Å². The van der Waals surface area contributed by atoms with Gasteiger partial charge in [0.2, 0.25) is 0 Å². The van der Waals surface area contributed by atoms with E-state index in [0.29, 0.717) is 22.7 Å². The summed E-state index contributed by atoms with van der Waals surface area (Å²) < 4.78 is 15.7. The van der Waals surface area contributed by atoms with Crippen molar-refractivity contribution in [1.82, 2.24) is 5.43 Å². The first-order valence-electron chi connectivity index (χ1n) is 9.74. The van der Waals surface area contributed by atoms with Crippen LogP contribution >= 0.6 is 0 Å². The molecule has 0 fully saturated rings. The Balaban J connectivity index is 1.59. The van der Waals surface area contributed by atoms with Crippen molar-refractivity contribution in [3.8, 4) is 17.2 Å².